The molecular formula is C41H40N10O3. The number of aliphatic imine (C=N–C) groups is 1. The molecule has 0 saturated carbocycles. The summed E-state index contributed by atoms with van der Waals surface area (Å²) in [6, 6.07) is 25.5. The molecule has 0 spiro atoms. The van der Waals surface area contributed by atoms with Crippen molar-refractivity contribution in [2.45, 2.75) is 26.2 Å². The smallest absolute Gasteiger partial charge is 0.275 e. The Kier molecular flexibility index (Phi) is 9.58. The number of ether oxygens (including phenoxy) is 2. The molecule has 1 aliphatic heterocycles. The summed E-state index contributed by atoms with van der Waals surface area (Å²) in [5.41, 5.74) is 12.2. The van der Waals surface area contributed by atoms with Crippen molar-refractivity contribution in [3.63, 3.8) is 0 Å². The van der Waals surface area contributed by atoms with Gasteiger partial charge in [0, 0.05) is 74.6 Å². The Labute approximate surface area is 312 Å². The van der Waals surface area contributed by atoms with Crippen molar-refractivity contribution in [2.24, 2.45) is 18.0 Å². The summed E-state index contributed by atoms with van der Waals surface area (Å²) >= 11 is 0. The zero-order valence-electron chi connectivity index (χ0n) is 30.1. The Bertz CT molecular complexity index is 2460. The monoisotopic (exact) mass is 720 g/mol. The molecule has 1 saturated heterocycles. The van der Waals surface area contributed by atoms with Crippen molar-refractivity contribution in [3.8, 4) is 11.5 Å². The van der Waals surface area contributed by atoms with Crippen LogP contribution in [0.25, 0.3) is 21.8 Å². The van der Waals surface area contributed by atoms with Crippen LogP contribution in [-0.4, -0.2) is 61.8 Å². The topological polar surface area (TPSA) is 151 Å². The summed E-state index contributed by atoms with van der Waals surface area (Å²) < 4.78 is 16.0. The number of hydrogen-bond acceptors (Lipinski definition) is 10. The maximum Gasteiger partial charge on any atom is 0.275 e. The molecule has 1 atom stereocenters. The van der Waals surface area contributed by atoms with Crippen LogP contribution >= 0.6 is 0 Å². The van der Waals surface area contributed by atoms with Crippen LogP contribution in [0.4, 0.5) is 17.2 Å². The van der Waals surface area contributed by atoms with Gasteiger partial charge in [0.25, 0.3) is 5.91 Å². The van der Waals surface area contributed by atoms with Crippen molar-refractivity contribution in [1.29, 1.82) is 0 Å². The predicted molar refractivity (Wildman–Crippen MR) is 210 cm³/mol. The SMILES string of the molecule is C/N=C/C1CCN(c2cnc(C(=O)Nc3cc4cn(Cc5cccc(COc6cc7nn(C)cc7cc6N)c5)nc4cc3OCc3ccccc3)cn2)C1. The maximum absolute atomic E-state index is 13.5. The van der Waals surface area contributed by atoms with Crippen LogP contribution in [-0.2, 0) is 26.8 Å². The number of nitrogen functional groups attached to an aromatic ring is 1. The quantitative estimate of drug-likeness (QED) is 0.110. The Morgan fingerprint density at radius 2 is 1.65 bits per heavy atom. The fraction of sp³-hybridized carbons (Fsp3) is 0.220. The minimum Gasteiger partial charge on any atom is -0.487 e. The van der Waals surface area contributed by atoms with Gasteiger partial charge < -0.3 is 30.4 Å². The molecule has 8 rings (SSSR count). The van der Waals surface area contributed by atoms with Gasteiger partial charge in [-0.15, -0.1) is 0 Å². The van der Waals surface area contributed by atoms with Gasteiger partial charge in [-0.1, -0.05) is 54.6 Å². The molecule has 1 unspecified atom stereocenters. The lowest BCUT2D eigenvalue weighted by Crippen LogP contribution is -2.22. The lowest BCUT2D eigenvalue weighted by atomic mass is 10.1. The average molecular weight is 721 g/mol. The second kappa shape index (κ2) is 15.1. The van der Waals surface area contributed by atoms with Gasteiger partial charge in [0.2, 0.25) is 0 Å². The fourth-order valence-corrected chi connectivity index (χ4v) is 6.74. The van der Waals surface area contributed by atoms with Crippen molar-refractivity contribution in [1.82, 2.24) is 29.5 Å². The molecule has 0 radical (unpaired) electrons. The molecule has 4 heterocycles. The van der Waals surface area contributed by atoms with E-state index in [1.165, 1.54) is 6.20 Å². The van der Waals surface area contributed by atoms with Crippen LogP contribution in [0.15, 0.2) is 109 Å². The van der Waals surface area contributed by atoms with Crippen molar-refractivity contribution < 1.29 is 14.3 Å². The van der Waals surface area contributed by atoms with Gasteiger partial charge in [0.1, 0.15) is 36.2 Å². The number of anilines is 3. The first-order valence-electron chi connectivity index (χ1n) is 17.8. The standard InChI is InChI=1S/C41H40N10O3/c1-43-18-30-11-12-50(21-30)40-20-44-37(19-45-40)41(52)46-36-15-32-24-51(48-35(32)17-39(36)54-25-27-7-4-3-5-8-27)22-28-9-6-10-29(13-28)26-53-38-16-34-31(14-33(38)42)23-49(2)47-34/h3-10,13-20,23-24,30H,11-12,21-22,25-26,42H2,1-2H3,(H,46,52)/b43-18+. The molecule has 0 aliphatic carbocycles. The Hall–Kier alpha value is -6.76. The van der Waals surface area contributed by atoms with Crippen molar-refractivity contribution in [2.75, 3.05) is 36.1 Å². The molecule has 1 fully saturated rings. The van der Waals surface area contributed by atoms with E-state index in [-0.39, 0.29) is 11.6 Å². The zero-order chi connectivity index (χ0) is 37.0. The summed E-state index contributed by atoms with van der Waals surface area (Å²) in [6.07, 6.45) is 10.0. The number of nitrogens with two attached hydrogens (primary N) is 1. The summed E-state index contributed by atoms with van der Waals surface area (Å²) in [5.74, 6) is 1.84. The van der Waals surface area contributed by atoms with E-state index in [2.05, 4.69) is 42.4 Å². The zero-order valence-corrected chi connectivity index (χ0v) is 30.1. The number of amides is 1. The minimum atomic E-state index is -0.386. The second-order valence-corrected chi connectivity index (χ2v) is 13.5. The van der Waals surface area contributed by atoms with Gasteiger partial charge in [-0.3, -0.25) is 14.2 Å². The van der Waals surface area contributed by atoms with E-state index in [1.54, 1.807) is 17.9 Å². The normalized spacial score (nSPS) is 14.3. The first-order chi connectivity index (χ1) is 26.4. The molecule has 3 aromatic heterocycles. The van der Waals surface area contributed by atoms with Crippen LogP contribution in [0.2, 0.25) is 0 Å². The number of nitrogens with one attached hydrogen (secondary N) is 1. The molecule has 7 aromatic rings. The third kappa shape index (κ3) is 7.70. The lowest BCUT2D eigenvalue weighted by Gasteiger charge is -2.16. The highest BCUT2D eigenvalue weighted by molar-refractivity contribution is 6.05. The minimum absolute atomic E-state index is 0.207. The number of nitrogens with zero attached hydrogens (tertiary/aromatic N) is 8. The number of rotatable bonds is 12. The second-order valence-electron chi connectivity index (χ2n) is 13.5. The van der Waals surface area contributed by atoms with Gasteiger partial charge >= 0.3 is 0 Å². The molecule has 4 aromatic carbocycles. The first-order valence-corrected chi connectivity index (χ1v) is 17.8. The molecule has 54 heavy (non-hydrogen) atoms. The number of carbonyl (C=O) groups is 1. The van der Waals surface area contributed by atoms with Crippen LogP contribution in [0.1, 0.15) is 33.6 Å². The maximum atomic E-state index is 13.5. The van der Waals surface area contributed by atoms with Crippen molar-refractivity contribution >= 4 is 51.1 Å². The number of fused-ring (bicyclic) bond motifs is 2. The highest BCUT2D eigenvalue weighted by Gasteiger charge is 2.23. The summed E-state index contributed by atoms with van der Waals surface area (Å²) in [6.45, 7) is 2.89. The van der Waals surface area contributed by atoms with Crippen LogP contribution in [0.5, 0.6) is 11.5 Å². The number of aryl methyl sites for hydroxylation is 1. The van der Waals surface area contributed by atoms with Gasteiger partial charge in [-0.05, 0) is 35.2 Å². The molecular weight excluding hydrogens is 681 g/mol. The summed E-state index contributed by atoms with van der Waals surface area (Å²) in [4.78, 5) is 28.8. The average Bonchev–Trinajstić information content (AvgIpc) is 3.91. The molecule has 1 amide bonds. The van der Waals surface area contributed by atoms with E-state index < -0.39 is 0 Å². The van der Waals surface area contributed by atoms with E-state index in [4.69, 9.17) is 20.3 Å². The van der Waals surface area contributed by atoms with E-state index in [0.717, 1.165) is 63.8 Å². The number of benzene rings is 4. The Balaban J connectivity index is 0.990. The molecule has 13 heteroatoms. The van der Waals surface area contributed by atoms with E-state index in [9.17, 15) is 4.79 Å². The van der Waals surface area contributed by atoms with Crippen LogP contribution in [0, 0.1) is 5.92 Å². The van der Waals surface area contributed by atoms with Gasteiger partial charge in [0.15, 0.2) is 0 Å². The van der Waals surface area contributed by atoms with Gasteiger partial charge in [0.05, 0.1) is 41.3 Å². The highest BCUT2D eigenvalue weighted by Crippen LogP contribution is 2.32. The number of carbonyl (C=O) groups excluding carboxylic acids is 1. The van der Waals surface area contributed by atoms with E-state index in [1.807, 2.05) is 97.1 Å². The van der Waals surface area contributed by atoms with E-state index >= 15 is 0 Å². The molecule has 272 valence electrons. The number of aromatic nitrogens is 6. The lowest BCUT2D eigenvalue weighted by molar-refractivity contribution is 0.102. The molecule has 13 nitrogen and oxygen atoms in total. The number of hydrogen-bond donors (Lipinski definition) is 2. The summed E-state index contributed by atoms with van der Waals surface area (Å²) in [5, 5.41) is 14.2. The molecule has 3 N–H and O–H groups in total. The van der Waals surface area contributed by atoms with Crippen molar-refractivity contribution in [3.05, 3.63) is 126 Å². The van der Waals surface area contributed by atoms with Crippen LogP contribution in [0.3, 0.4) is 0 Å². The molecule has 0 bridgehead atoms. The molecule has 1 aliphatic rings. The fourth-order valence-electron chi connectivity index (χ4n) is 6.74. The predicted octanol–water partition coefficient (Wildman–Crippen LogP) is 6.28. The van der Waals surface area contributed by atoms with Gasteiger partial charge in [-0.25, -0.2) is 9.97 Å². The largest absolute Gasteiger partial charge is 0.487 e. The third-order valence-corrected chi connectivity index (χ3v) is 9.40. The van der Waals surface area contributed by atoms with Gasteiger partial charge in [-0.2, -0.15) is 10.2 Å². The third-order valence-electron chi connectivity index (χ3n) is 9.40. The Morgan fingerprint density at radius 1 is 0.889 bits per heavy atom. The van der Waals surface area contributed by atoms with E-state index in [0.29, 0.717) is 48.6 Å². The highest BCUT2D eigenvalue weighted by atomic mass is 16.5. The van der Waals surface area contributed by atoms with Crippen LogP contribution < -0.4 is 25.4 Å². The Morgan fingerprint density at radius 3 is 2.48 bits per heavy atom. The first kappa shape index (κ1) is 34.3. The summed E-state index contributed by atoms with van der Waals surface area (Å²) in [7, 11) is 3.67.